The van der Waals surface area contributed by atoms with Gasteiger partial charge in [-0.15, -0.1) is 0 Å². The van der Waals surface area contributed by atoms with Crippen LogP contribution in [-0.2, 0) is 32.7 Å². The molecule has 1 radical (unpaired) electrons. The van der Waals surface area contributed by atoms with Gasteiger partial charge in [-0.1, -0.05) is 17.8 Å². The molecule has 0 saturated heterocycles. The van der Waals surface area contributed by atoms with Gasteiger partial charge in [0.2, 0.25) is 0 Å². The summed E-state index contributed by atoms with van der Waals surface area (Å²) < 4.78 is 1.82. The van der Waals surface area contributed by atoms with Gasteiger partial charge in [-0.25, -0.2) is 17.1 Å². The summed E-state index contributed by atoms with van der Waals surface area (Å²) >= 11 is 5.64. The fourth-order valence-electron chi connectivity index (χ4n) is 0.850. The van der Waals surface area contributed by atoms with Crippen molar-refractivity contribution in [1.82, 2.24) is 9.38 Å². The second-order valence-electron chi connectivity index (χ2n) is 1.96. The van der Waals surface area contributed by atoms with Crippen LogP contribution in [0.25, 0.3) is 5.65 Å². The molecule has 0 amide bonds. The number of fused-ring (bicyclic) bond motifs is 1. The van der Waals surface area contributed by atoms with Crippen LogP contribution >= 0.6 is 11.6 Å². The molecule has 11 heavy (non-hydrogen) atoms. The minimum Gasteiger partial charge on any atom is -0.339 e. The SMILES string of the molecule is Clc1cn2c[c-]ccc2n1.[Y]. The van der Waals surface area contributed by atoms with E-state index < -0.39 is 0 Å². The second-order valence-corrected chi connectivity index (χ2v) is 2.35. The van der Waals surface area contributed by atoms with E-state index in [0.717, 1.165) is 5.65 Å². The molecule has 4 heteroatoms. The minimum atomic E-state index is 0. The molecule has 0 saturated carbocycles. The molecule has 2 rings (SSSR count). The zero-order valence-electron chi connectivity index (χ0n) is 5.66. The molecule has 0 fully saturated rings. The van der Waals surface area contributed by atoms with Crippen molar-refractivity contribution in [3.63, 3.8) is 0 Å². The number of pyridine rings is 1. The third kappa shape index (κ3) is 1.81. The summed E-state index contributed by atoms with van der Waals surface area (Å²) in [6.45, 7) is 0. The van der Waals surface area contributed by atoms with Gasteiger partial charge in [-0.3, -0.25) is 0 Å². The molecule has 53 valence electrons. The van der Waals surface area contributed by atoms with Gasteiger partial charge in [0, 0.05) is 38.9 Å². The van der Waals surface area contributed by atoms with E-state index >= 15 is 0 Å². The van der Waals surface area contributed by atoms with Gasteiger partial charge >= 0.3 is 0 Å². The van der Waals surface area contributed by atoms with Crippen LogP contribution in [-0.4, -0.2) is 9.38 Å². The normalized spacial score (nSPS) is 9.55. The standard InChI is InChI=1S/C7H4ClN2.Y/c8-6-5-10-4-2-1-3-7(10)9-6;/h1,3-5H;/q-1;. The van der Waals surface area contributed by atoms with Crippen LogP contribution in [0.2, 0.25) is 5.15 Å². The van der Waals surface area contributed by atoms with Crippen molar-refractivity contribution >= 4 is 17.2 Å². The van der Waals surface area contributed by atoms with Crippen molar-refractivity contribution in [2.24, 2.45) is 0 Å². The third-order valence-electron chi connectivity index (χ3n) is 1.27. The van der Waals surface area contributed by atoms with Gasteiger partial charge in [-0.05, 0) is 0 Å². The summed E-state index contributed by atoms with van der Waals surface area (Å²) in [6, 6.07) is 6.57. The topological polar surface area (TPSA) is 17.3 Å². The van der Waals surface area contributed by atoms with Crippen LogP contribution in [0.5, 0.6) is 0 Å². The molecular weight excluding hydrogens is 236 g/mol. The molecule has 0 aliphatic heterocycles. The molecule has 2 aromatic heterocycles. The maximum atomic E-state index is 5.64. The van der Waals surface area contributed by atoms with Crippen LogP contribution < -0.4 is 0 Å². The van der Waals surface area contributed by atoms with Crippen molar-refractivity contribution in [2.45, 2.75) is 0 Å². The van der Waals surface area contributed by atoms with Crippen molar-refractivity contribution in [3.05, 3.63) is 35.7 Å². The van der Waals surface area contributed by atoms with Crippen molar-refractivity contribution < 1.29 is 32.7 Å². The van der Waals surface area contributed by atoms with E-state index in [9.17, 15) is 0 Å². The molecule has 0 aliphatic rings. The first kappa shape index (κ1) is 9.17. The van der Waals surface area contributed by atoms with Gasteiger partial charge in [0.05, 0.1) is 5.65 Å². The van der Waals surface area contributed by atoms with Crippen LogP contribution in [0.4, 0.5) is 0 Å². The molecule has 0 unspecified atom stereocenters. The number of rotatable bonds is 0. The average molecular weight is 240 g/mol. The van der Waals surface area contributed by atoms with E-state index in [1.54, 1.807) is 18.5 Å². The number of hydrogen-bond acceptors (Lipinski definition) is 1. The second kappa shape index (κ2) is 3.66. The van der Waals surface area contributed by atoms with E-state index in [-0.39, 0.29) is 32.7 Å². The Kier molecular flexibility index (Phi) is 3.05. The van der Waals surface area contributed by atoms with Gasteiger partial charge in [0.15, 0.2) is 0 Å². The van der Waals surface area contributed by atoms with E-state index in [1.807, 2.05) is 10.5 Å². The molecule has 2 aromatic rings. The maximum absolute atomic E-state index is 5.64. The molecule has 0 aliphatic carbocycles. The summed E-state index contributed by atoms with van der Waals surface area (Å²) in [5.74, 6) is 0. The molecule has 2 nitrogen and oxygen atoms in total. The number of nitrogens with zero attached hydrogens (tertiary/aromatic N) is 2. The quantitative estimate of drug-likeness (QED) is 0.642. The van der Waals surface area contributed by atoms with E-state index in [4.69, 9.17) is 11.6 Å². The number of aromatic nitrogens is 2. The summed E-state index contributed by atoms with van der Waals surface area (Å²) in [7, 11) is 0. The van der Waals surface area contributed by atoms with Crippen molar-refractivity contribution in [2.75, 3.05) is 0 Å². The van der Waals surface area contributed by atoms with Gasteiger partial charge in [-0.2, -0.15) is 6.07 Å². The van der Waals surface area contributed by atoms with Crippen LogP contribution in [0.1, 0.15) is 0 Å². The molecule has 0 bridgehead atoms. The average Bonchev–Trinajstić information content (AvgIpc) is 2.27. The zero-order chi connectivity index (χ0) is 6.97. The Hall–Kier alpha value is 0.0839. The number of imidazole rings is 1. The summed E-state index contributed by atoms with van der Waals surface area (Å²) in [4.78, 5) is 4.02. The Morgan fingerprint density at radius 2 is 2.36 bits per heavy atom. The smallest absolute Gasteiger partial charge is 0.146 e. The Morgan fingerprint density at radius 3 is 3.09 bits per heavy atom. The monoisotopic (exact) mass is 240 g/mol. The largest absolute Gasteiger partial charge is 0.339 e. The number of hydrogen-bond donors (Lipinski definition) is 0. The van der Waals surface area contributed by atoms with E-state index in [1.165, 1.54) is 0 Å². The predicted molar refractivity (Wildman–Crippen MR) is 39.0 cm³/mol. The molecule has 2 heterocycles. The van der Waals surface area contributed by atoms with Gasteiger partial charge < -0.3 is 4.40 Å². The fourth-order valence-corrected chi connectivity index (χ4v) is 1.04. The third-order valence-corrected chi connectivity index (χ3v) is 1.46. The van der Waals surface area contributed by atoms with E-state index in [0.29, 0.717) is 5.15 Å². The fraction of sp³-hybridized carbons (Fsp3) is 0. The molecular formula is C7H4ClN2Y-. The van der Waals surface area contributed by atoms with Crippen molar-refractivity contribution in [3.8, 4) is 0 Å². The first-order chi connectivity index (χ1) is 4.86. The summed E-state index contributed by atoms with van der Waals surface area (Å²) in [5, 5.41) is 0.514. The van der Waals surface area contributed by atoms with Crippen LogP contribution in [0.15, 0.2) is 24.5 Å². The summed E-state index contributed by atoms with van der Waals surface area (Å²) in [5.41, 5.74) is 0.851. The van der Waals surface area contributed by atoms with Crippen LogP contribution in [0, 0.1) is 6.07 Å². The predicted octanol–water partition coefficient (Wildman–Crippen LogP) is 1.79. The molecule has 0 spiro atoms. The Labute approximate surface area is 94.5 Å². The van der Waals surface area contributed by atoms with E-state index in [2.05, 4.69) is 11.1 Å². The first-order valence-electron chi connectivity index (χ1n) is 2.86. The molecule has 0 aromatic carbocycles. The zero-order valence-corrected chi connectivity index (χ0v) is 9.25. The Bertz CT molecular complexity index is 325. The first-order valence-corrected chi connectivity index (χ1v) is 3.24. The minimum absolute atomic E-state index is 0. The Morgan fingerprint density at radius 1 is 1.55 bits per heavy atom. The van der Waals surface area contributed by atoms with Crippen LogP contribution in [0.3, 0.4) is 0 Å². The Balaban J connectivity index is 0.000000605. The van der Waals surface area contributed by atoms with Crippen molar-refractivity contribution in [1.29, 1.82) is 0 Å². The molecule has 0 N–H and O–H groups in total. The van der Waals surface area contributed by atoms with Gasteiger partial charge in [0.25, 0.3) is 0 Å². The van der Waals surface area contributed by atoms with Gasteiger partial charge in [0.1, 0.15) is 5.15 Å². The maximum Gasteiger partial charge on any atom is 0.146 e. The summed E-state index contributed by atoms with van der Waals surface area (Å²) in [6.07, 6.45) is 3.53. The molecule has 0 atom stereocenters. The number of halogens is 1.